The van der Waals surface area contributed by atoms with E-state index in [1.807, 2.05) is 19.1 Å². The lowest BCUT2D eigenvalue weighted by Crippen LogP contribution is -2.24. The van der Waals surface area contributed by atoms with Crippen LogP contribution in [0.5, 0.6) is 0 Å². The van der Waals surface area contributed by atoms with Crippen molar-refractivity contribution < 1.29 is 9.13 Å². The molecule has 1 aliphatic rings. The Morgan fingerprint density at radius 2 is 2.29 bits per heavy atom. The van der Waals surface area contributed by atoms with Gasteiger partial charge in [-0.1, -0.05) is 18.2 Å². The molecule has 3 heteroatoms. The van der Waals surface area contributed by atoms with Crippen molar-refractivity contribution in [2.45, 2.75) is 38.3 Å². The van der Waals surface area contributed by atoms with Crippen LogP contribution in [0.1, 0.15) is 37.8 Å². The monoisotopic (exact) mass is 237 g/mol. The Kier molecular flexibility index (Phi) is 4.51. The van der Waals surface area contributed by atoms with E-state index in [4.69, 9.17) is 4.74 Å². The summed E-state index contributed by atoms with van der Waals surface area (Å²) in [7, 11) is 0. The minimum atomic E-state index is -0.135. The van der Waals surface area contributed by atoms with Gasteiger partial charge < -0.3 is 10.1 Å². The molecule has 0 bridgehead atoms. The smallest absolute Gasteiger partial charge is 0.127 e. The molecule has 2 atom stereocenters. The van der Waals surface area contributed by atoms with E-state index in [9.17, 15) is 4.39 Å². The Bertz CT molecular complexity index is 350. The Balaban J connectivity index is 1.77. The molecule has 0 aromatic heterocycles. The summed E-state index contributed by atoms with van der Waals surface area (Å²) in [6.07, 6.45) is 3.75. The first-order chi connectivity index (χ1) is 8.27. The number of benzene rings is 1. The van der Waals surface area contributed by atoms with Gasteiger partial charge in [0.05, 0.1) is 6.10 Å². The SMILES string of the molecule is C[C@@H](NCCC1CCCO1)c1ccccc1F. The number of hydrogen-bond acceptors (Lipinski definition) is 2. The van der Waals surface area contributed by atoms with Crippen LogP contribution >= 0.6 is 0 Å². The summed E-state index contributed by atoms with van der Waals surface area (Å²) in [5, 5.41) is 3.35. The van der Waals surface area contributed by atoms with Gasteiger partial charge >= 0.3 is 0 Å². The number of rotatable bonds is 5. The molecule has 17 heavy (non-hydrogen) atoms. The molecular weight excluding hydrogens is 217 g/mol. The van der Waals surface area contributed by atoms with Gasteiger partial charge in [-0.2, -0.15) is 0 Å². The van der Waals surface area contributed by atoms with Crippen LogP contribution in [0.2, 0.25) is 0 Å². The molecule has 1 saturated heterocycles. The lowest BCUT2D eigenvalue weighted by molar-refractivity contribution is 0.103. The maximum Gasteiger partial charge on any atom is 0.127 e. The van der Waals surface area contributed by atoms with Gasteiger partial charge in [0.25, 0.3) is 0 Å². The van der Waals surface area contributed by atoms with Gasteiger partial charge in [0.15, 0.2) is 0 Å². The van der Waals surface area contributed by atoms with Crippen LogP contribution in [0.3, 0.4) is 0 Å². The van der Waals surface area contributed by atoms with E-state index >= 15 is 0 Å². The van der Waals surface area contributed by atoms with Crippen molar-refractivity contribution in [2.24, 2.45) is 0 Å². The molecule has 1 aromatic rings. The van der Waals surface area contributed by atoms with Crippen LogP contribution in [0.4, 0.5) is 4.39 Å². The second-order valence-electron chi connectivity index (χ2n) is 4.62. The molecule has 1 aromatic carbocycles. The molecule has 0 saturated carbocycles. The van der Waals surface area contributed by atoms with Crippen molar-refractivity contribution in [3.8, 4) is 0 Å². The van der Waals surface area contributed by atoms with E-state index in [0.29, 0.717) is 6.10 Å². The largest absolute Gasteiger partial charge is 0.378 e. The fourth-order valence-electron chi connectivity index (χ4n) is 2.27. The van der Waals surface area contributed by atoms with Gasteiger partial charge in [-0.05, 0) is 38.8 Å². The van der Waals surface area contributed by atoms with Gasteiger partial charge in [0, 0.05) is 18.2 Å². The summed E-state index contributed by atoms with van der Waals surface area (Å²) >= 11 is 0. The Morgan fingerprint density at radius 3 is 3.00 bits per heavy atom. The maximum absolute atomic E-state index is 13.5. The molecule has 0 radical (unpaired) electrons. The lowest BCUT2D eigenvalue weighted by atomic mass is 10.1. The Labute approximate surface area is 102 Å². The van der Waals surface area contributed by atoms with Crippen LogP contribution in [-0.2, 0) is 4.74 Å². The van der Waals surface area contributed by atoms with Crippen molar-refractivity contribution in [1.29, 1.82) is 0 Å². The average molecular weight is 237 g/mol. The highest BCUT2D eigenvalue weighted by atomic mass is 19.1. The van der Waals surface area contributed by atoms with Crippen molar-refractivity contribution >= 4 is 0 Å². The van der Waals surface area contributed by atoms with Crippen molar-refractivity contribution in [1.82, 2.24) is 5.32 Å². The zero-order valence-corrected chi connectivity index (χ0v) is 10.3. The third-order valence-electron chi connectivity index (χ3n) is 3.31. The van der Waals surface area contributed by atoms with Crippen molar-refractivity contribution in [3.63, 3.8) is 0 Å². The predicted molar refractivity (Wildman–Crippen MR) is 66.4 cm³/mol. The summed E-state index contributed by atoms with van der Waals surface area (Å²) in [6, 6.07) is 6.99. The normalized spacial score (nSPS) is 21.6. The molecule has 0 amide bonds. The quantitative estimate of drug-likeness (QED) is 0.850. The van der Waals surface area contributed by atoms with E-state index in [1.54, 1.807) is 6.07 Å². The van der Waals surface area contributed by atoms with Gasteiger partial charge in [-0.25, -0.2) is 4.39 Å². The first-order valence-electron chi connectivity index (χ1n) is 6.37. The third kappa shape index (κ3) is 3.51. The minimum Gasteiger partial charge on any atom is -0.378 e. The van der Waals surface area contributed by atoms with Crippen LogP contribution in [0, 0.1) is 5.82 Å². The van der Waals surface area contributed by atoms with E-state index in [1.165, 1.54) is 12.5 Å². The highest BCUT2D eigenvalue weighted by Gasteiger charge is 2.15. The molecule has 1 heterocycles. The standard InChI is InChI=1S/C14H20FNO/c1-11(13-6-2-3-7-14(13)15)16-9-8-12-5-4-10-17-12/h2-3,6-7,11-12,16H,4-5,8-10H2,1H3/t11-,12?/m1/s1. The lowest BCUT2D eigenvalue weighted by Gasteiger charge is -2.16. The van der Waals surface area contributed by atoms with E-state index in [2.05, 4.69) is 5.32 Å². The number of hydrogen-bond donors (Lipinski definition) is 1. The number of nitrogens with one attached hydrogen (secondary N) is 1. The summed E-state index contributed by atoms with van der Waals surface area (Å²) in [5.41, 5.74) is 0.736. The molecular formula is C14H20FNO. The van der Waals surface area contributed by atoms with Crippen LogP contribution in [-0.4, -0.2) is 19.3 Å². The zero-order valence-electron chi connectivity index (χ0n) is 10.3. The van der Waals surface area contributed by atoms with E-state index in [0.717, 1.165) is 31.6 Å². The highest BCUT2D eigenvalue weighted by molar-refractivity contribution is 5.20. The summed E-state index contributed by atoms with van der Waals surface area (Å²) in [5.74, 6) is -0.135. The first kappa shape index (κ1) is 12.5. The van der Waals surface area contributed by atoms with E-state index < -0.39 is 0 Å². The predicted octanol–water partition coefficient (Wildman–Crippen LogP) is 3.05. The molecule has 1 aliphatic heterocycles. The molecule has 2 nitrogen and oxygen atoms in total. The van der Waals surface area contributed by atoms with Gasteiger partial charge in [0.1, 0.15) is 5.82 Å². The van der Waals surface area contributed by atoms with Gasteiger partial charge in [0.2, 0.25) is 0 Å². The molecule has 1 fully saturated rings. The first-order valence-corrected chi connectivity index (χ1v) is 6.37. The van der Waals surface area contributed by atoms with Crippen LogP contribution in [0.15, 0.2) is 24.3 Å². The van der Waals surface area contributed by atoms with Crippen molar-refractivity contribution in [3.05, 3.63) is 35.6 Å². The summed E-state index contributed by atoms with van der Waals surface area (Å²) < 4.78 is 19.1. The molecule has 0 aliphatic carbocycles. The molecule has 94 valence electrons. The summed E-state index contributed by atoms with van der Waals surface area (Å²) in [6.45, 7) is 3.77. The fourth-order valence-corrected chi connectivity index (χ4v) is 2.27. The molecule has 2 rings (SSSR count). The summed E-state index contributed by atoms with van der Waals surface area (Å²) in [4.78, 5) is 0. The minimum absolute atomic E-state index is 0.0533. The maximum atomic E-state index is 13.5. The number of ether oxygens (including phenoxy) is 1. The fraction of sp³-hybridized carbons (Fsp3) is 0.571. The average Bonchev–Trinajstić information content (AvgIpc) is 2.82. The number of halogens is 1. The highest BCUT2D eigenvalue weighted by Crippen LogP contribution is 2.18. The van der Waals surface area contributed by atoms with Crippen molar-refractivity contribution in [2.75, 3.05) is 13.2 Å². The zero-order chi connectivity index (χ0) is 12.1. The van der Waals surface area contributed by atoms with Crippen LogP contribution in [0.25, 0.3) is 0 Å². The second-order valence-corrected chi connectivity index (χ2v) is 4.62. The van der Waals surface area contributed by atoms with Gasteiger partial charge in [-0.3, -0.25) is 0 Å². The topological polar surface area (TPSA) is 21.3 Å². The Morgan fingerprint density at radius 1 is 1.47 bits per heavy atom. The molecule has 0 spiro atoms. The third-order valence-corrected chi connectivity index (χ3v) is 3.31. The van der Waals surface area contributed by atoms with Gasteiger partial charge in [-0.15, -0.1) is 0 Å². The second kappa shape index (κ2) is 6.12. The Hall–Kier alpha value is -0.930. The molecule has 1 N–H and O–H groups in total. The molecule has 1 unspecified atom stereocenters. The van der Waals surface area contributed by atoms with E-state index in [-0.39, 0.29) is 11.9 Å². The van der Waals surface area contributed by atoms with Crippen LogP contribution < -0.4 is 5.32 Å².